The zero-order chi connectivity index (χ0) is 33.7. The summed E-state index contributed by atoms with van der Waals surface area (Å²) in [5.74, 6) is -4.33. The second kappa shape index (κ2) is 18.0. The molecule has 1 saturated heterocycles. The lowest BCUT2D eigenvalue weighted by molar-refractivity contribution is -0.151. The molecule has 4 amide bonds. The number of carbonyl (C=O) groups excluding carboxylic acids is 4. The van der Waals surface area contributed by atoms with Crippen molar-refractivity contribution in [1.29, 1.82) is 0 Å². The van der Waals surface area contributed by atoms with E-state index in [-0.39, 0.29) is 50.8 Å². The number of benzene rings is 1. The van der Waals surface area contributed by atoms with E-state index in [0.29, 0.717) is 32.1 Å². The summed E-state index contributed by atoms with van der Waals surface area (Å²) in [6.45, 7) is 3.77. The van der Waals surface area contributed by atoms with Crippen LogP contribution in [0.5, 0.6) is 0 Å². The van der Waals surface area contributed by atoms with E-state index in [1.807, 2.05) is 37.3 Å². The molecule has 0 radical (unpaired) electrons. The molecule has 1 aliphatic carbocycles. The van der Waals surface area contributed by atoms with Crippen LogP contribution in [0.3, 0.4) is 0 Å². The number of nitrogens with one attached hydrogen (secondary N) is 3. The second-order valence-corrected chi connectivity index (χ2v) is 13.8. The summed E-state index contributed by atoms with van der Waals surface area (Å²) in [4.78, 5) is 74.6. The number of aliphatic carboxylic acids is 1. The van der Waals surface area contributed by atoms with Gasteiger partial charge in [0, 0.05) is 19.0 Å². The van der Waals surface area contributed by atoms with E-state index in [2.05, 4.69) is 16.0 Å². The fourth-order valence-electron chi connectivity index (χ4n) is 5.19. The summed E-state index contributed by atoms with van der Waals surface area (Å²) < 4.78 is 24.0. The van der Waals surface area contributed by atoms with Crippen LogP contribution in [0.4, 0.5) is 4.79 Å². The molecule has 256 valence electrons. The van der Waals surface area contributed by atoms with Gasteiger partial charge in [-0.05, 0) is 63.9 Å². The van der Waals surface area contributed by atoms with E-state index in [9.17, 15) is 38.5 Å². The Bertz CT molecular complexity index is 1240. The van der Waals surface area contributed by atoms with Gasteiger partial charge in [-0.3, -0.25) is 23.5 Å². The Morgan fingerprint density at radius 1 is 1.02 bits per heavy atom. The third-order valence-electron chi connectivity index (χ3n) is 7.99. The molecule has 0 spiro atoms. The first-order valence-corrected chi connectivity index (χ1v) is 17.7. The minimum absolute atomic E-state index is 0.0801. The standard InChI is InChI=1S/C31H47N4O10P/c1-3-4-15-26(46(42,43)45-21(2)29(38)35-19-10-14-25(35)30(39)40)34-28(37)24(33-27(36)23-16-17-23)13-8-9-18-32-31(41)44-20-22-11-6-5-7-12-22/h5-7,11-12,21,23-26H,3-4,8-10,13-20H2,1-2H3,(H,32,41)(H,33,36)(H,34,37)(H,39,40)(H,42,43)/t21?,24-,25-,26-/m0/s1. The predicted octanol–water partition coefficient (Wildman–Crippen LogP) is 3.28. The molecule has 46 heavy (non-hydrogen) atoms. The third-order valence-corrected chi connectivity index (χ3v) is 9.79. The predicted molar refractivity (Wildman–Crippen MR) is 167 cm³/mol. The monoisotopic (exact) mass is 666 g/mol. The Kier molecular flexibility index (Phi) is 14.5. The lowest BCUT2D eigenvalue weighted by Crippen LogP contribution is -2.50. The maximum absolute atomic E-state index is 13.5. The van der Waals surface area contributed by atoms with Crippen molar-refractivity contribution in [3.63, 3.8) is 0 Å². The highest BCUT2D eigenvalue weighted by atomic mass is 31.2. The first-order chi connectivity index (χ1) is 21.9. The van der Waals surface area contributed by atoms with Crippen LogP contribution in [0.15, 0.2) is 30.3 Å². The topological polar surface area (TPSA) is 201 Å². The van der Waals surface area contributed by atoms with Crippen LogP contribution in [0, 0.1) is 5.92 Å². The highest BCUT2D eigenvalue weighted by molar-refractivity contribution is 7.53. The number of nitrogens with zero attached hydrogens (tertiary/aromatic N) is 1. The molecule has 0 bridgehead atoms. The van der Waals surface area contributed by atoms with Crippen molar-refractivity contribution < 1.29 is 47.8 Å². The number of carboxylic acids is 1. The van der Waals surface area contributed by atoms with E-state index in [1.54, 1.807) is 0 Å². The average molecular weight is 667 g/mol. The zero-order valence-electron chi connectivity index (χ0n) is 26.5. The van der Waals surface area contributed by atoms with Crippen molar-refractivity contribution in [2.24, 2.45) is 5.92 Å². The van der Waals surface area contributed by atoms with E-state index in [0.717, 1.165) is 23.3 Å². The molecule has 1 heterocycles. The van der Waals surface area contributed by atoms with Gasteiger partial charge in [-0.2, -0.15) is 0 Å². The summed E-state index contributed by atoms with van der Waals surface area (Å²) in [6, 6.07) is 7.21. The number of carboxylic acid groups (broad SMARTS) is 1. The number of hydrogen-bond donors (Lipinski definition) is 5. The molecule has 1 saturated carbocycles. The van der Waals surface area contributed by atoms with Gasteiger partial charge in [0.05, 0.1) is 0 Å². The SMILES string of the molecule is CCCC[C@@H](NC(=O)[C@H](CCCCNC(=O)OCc1ccccc1)NC(=O)C1CC1)P(=O)(O)OC(C)C(=O)N1CCC[C@H]1C(=O)O. The highest BCUT2D eigenvalue weighted by Crippen LogP contribution is 2.49. The van der Waals surface area contributed by atoms with E-state index in [1.165, 1.54) is 6.92 Å². The average Bonchev–Trinajstić information content (AvgIpc) is 3.76. The van der Waals surface area contributed by atoms with Gasteiger partial charge in [0.15, 0.2) is 0 Å². The number of rotatable bonds is 19. The summed E-state index contributed by atoms with van der Waals surface area (Å²) in [7, 11) is -4.64. The van der Waals surface area contributed by atoms with E-state index < -0.39 is 55.4 Å². The Morgan fingerprint density at radius 3 is 2.39 bits per heavy atom. The first-order valence-electron chi connectivity index (χ1n) is 16.0. The Labute approximate surface area is 269 Å². The van der Waals surface area contributed by atoms with Gasteiger partial charge >= 0.3 is 19.7 Å². The fourth-order valence-corrected chi connectivity index (χ4v) is 6.68. The van der Waals surface area contributed by atoms with Crippen LogP contribution in [0.1, 0.15) is 83.6 Å². The van der Waals surface area contributed by atoms with Crippen LogP contribution in [-0.2, 0) is 39.6 Å². The first kappa shape index (κ1) is 37.0. The lowest BCUT2D eigenvalue weighted by Gasteiger charge is -2.30. The maximum Gasteiger partial charge on any atom is 0.407 e. The fraction of sp³-hybridized carbons (Fsp3) is 0.645. The van der Waals surface area contributed by atoms with Crippen molar-refractivity contribution in [1.82, 2.24) is 20.9 Å². The molecular weight excluding hydrogens is 619 g/mol. The molecule has 5 N–H and O–H groups in total. The molecule has 15 heteroatoms. The van der Waals surface area contributed by atoms with Crippen molar-refractivity contribution in [2.45, 2.75) is 109 Å². The molecule has 2 unspecified atom stereocenters. The molecule has 5 atom stereocenters. The Morgan fingerprint density at radius 2 is 1.74 bits per heavy atom. The second-order valence-electron chi connectivity index (χ2n) is 11.8. The molecule has 14 nitrogen and oxygen atoms in total. The number of ether oxygens (including phenoxy) is 1. The van der Waals surface area contributed by atoms with Gasteiger partial charge in [-0.15, -0.1) is 0 Å². The number of carbonyl (C=O) groups is 5. The van der Waals surface area contributed by atoms with Gasteiger partial charge in [-0.1, -0.05) is 50.1 Å². The molecular formula is C31H47N4O10P. The smallest absolute Gasteiger partial charge is 0.407 e. The summed E-state index contributed by atoms with van der Waals surface area (Å²) in [6.07, 6.45) is 2.56. The van der Waals surface area contributed by atoms with Gasteiger partial charge in [0.25, 0.3) is 5.91 Å². The largest absolute Gasteiger partial charge is 0.480 e. The zero-order valence-corrected chi connectivity index (χ0v) is 27.4. The number of alkyl carbamates (subject to hydrolysis) is 1. The molecule has 2 aliphatic rings. The van der Waals surface area contributed by atoms with Gasteiger partial charge in [0.2, 0.25) is 11.8 Å². The Hall–Kier alpha value is -3.48. The van der Waals surface area contributed by atoms with Crippen molar-refractivity contribution in [3.8, 4) is 0 Å². The van der Waals surface area contributed by atoms with Gasteiger partial charge < -0.3 is 35.6 Å². The van der Waals surface area contributed by atoms with Crippen LogP contribution >= 0.6 is 7.60 Å². The highest BCUT2D eigenvalue weighted by Gasteiger charge is 2.42. The van der Waals surface area contributed by atoms with Crippen LogP contribution in [0.25, 0.3) is 0 Å². The molecule has 0 aromatic heterocycles. The third kappa shape index (κ3) is 11.7. The van der Waals surface area contributed by atoms with E-state index in [4.69, 9.17) is 9.26 Å². The molecule has 1 aromatic carbocycles. The lowest BCUT2D eigenvalue weighted by atomic mass is 10.1. The Balaban J connectivity index is 1.56. The van der Waals surface area contributed by atoms with Gasteiger partial charge in [-0.25, -0.2) is 9.59 Å². The van der Waals surface area contributed by atoms with Crippen LogP contribution < -0.4 is 16.0 Å². The number of hydrogen-bond acceptors (Lipinski definition) is 8. The number of likely N-dealkylation sites (tertiary alicyclic amines) is 1. The van der Waals surface area contributed by atoms with Crippen LogP contribution in [-0.4, -0.2) is 81.7 Å². The number of unbranched alkanes of at least 4 members (excludes halogenated alkanes) is 2. The maximum atomic E-state index is 13.5. The minimum atomic E-state index is -4.64. The van der Waals surface area contributed by atoms with Gasteiger partial charge in [0.1, 0.15) is 30.6 Å². The summed E-state index contributed by atoms with van der Waals surface area (Å²) in [5, 5.41) is 17.4. The molecule has 1 aromatic rings. The van der Waals surface area contributed by atoms with Crippen molar-refractivity contribution >= 4 is 37.4 Å². The van der Waals surface area contributed by atoms with Crippen molar-refractivity contribution in [2.75, 3.05) is 13.1 Å². The molecule has 1 aliphatic heterocycles. The summed E-state index contributed by atoms with van der Waals surface area (Å²) in [5.41, 5.74) is 0.854. The number of amides is 4. The normalized spacial score (nSPS) is 19.3. The van der Waals surface area contributed by atoms with E-state index >= 15 is 0 Å². The molecule has 2 fully saturated rings. The van der Waals surface area contributed by atoms with Crippen molar-refractivity contribution in [3.05, 3.63) is 35.9 Å². The summed E-state index contributed by atoms with van der Waals surface area (Å²) >= 11 is 0. The van der Waals surface area contributed by atoms with Crippen LogP contribution in [0.2, 0.25) is 0 Å². The quantitative estimate of drug-likeness (QED) is 0.108. The molecule has 3 rings (SSSR count). The minimum Gasteiger partial charge on any atom is -0.480 e.